The van der Waals surface area contributed by atoms with Crippen LogP contribution in [0.15, 0.2) is 48.3 Å². The molecule has 1 aliphatic heterocycles. The molecule has 0 bridgehead atoms. The molecular weight excluding hydrogens is 368 g/mol. The largest absolute Gasteiger partial charge is 0.346 e. The first kappa shape index (κ1) is 16.1. The van der Waals surface area contributed by atoms with E-state index in [0.29, 0.717) is 0 Å². The Hall–Kier alpha value is -3.05. The van der Waals surface area contributed by atoms with E-state index in [-0.39, 0.29) is 18.1 Å². The van der Waals surface area contributed by atoms with Crippen LogP contribution >= 0.6 is 0 Å². The van der Waals surface area contributed by atoms with Gasteiger partial charge < -0.3 is 4.98 Å². The maximum atomic E-state index is 12.5. The minimum Gasteiger partial charge on any atom is -0.346 e. The standard InChI is InChI=1S/C16H15N8O2S/c1-22-5-3-14(21-22)27(25,26)23-8-12(9-23)24-7-11(6-20-24)15-13-2-4-17-16(13)19-10-18-15/h2-7,10H,8-9H2,1H3,(H,17,18,19). The van der Waals surface area contributed by atoms with Gasteiger partial charge in [0.05, 0.1) is 11.9 Å². The van der Waals surface area contributed by atoms with E-state index in [2.05, 4.69) is 25.1 Å². The number of nitrogens with one attached hydrogen (secondary N) is 1. The lowest BCUT2D eigenvalue weighted by molar-refractivity contribution is 0.302. The van der Waals surface area contributed by atoms with E-state index in [4.69, 9.17) is 0 Å². The summed E-state index contributed by atoms with van der Waals surface area (Å²) in [6, 6.07) is 4.30. The zero-order valence-corrected chi connectivity index (χ0v) is 15.1. The van der Waals surface area contributed by atoms with E-state index < -0.39 is 10.0 Å². The first-order valence-electron chi connectivity index (χ1n) is 8.20. The average molecular weight is 383 g/mol. The van der Waals surface area contributed by atoms with Gasteiger partial charge in [-0.3, -0.25) is 9.36 Å². The summed E-state index contributed by atoms with van der Waals surface area (Å²) in [5, 5.41) is 9.32. The Morgan fingerprint density at radius 3 is 2.81 bits per heavy atom. The molecule has 0 aliphatic carbocycles. The molecule has 5 heterocycles. The molecule has 1 radical (unpaired) electrons. The van der Waals surface area contributed by atoms with Crippen LogP contribution in [-0.4, -0.2) is 60.3 Å². The number of hydrogen-bond donors (Lipinski definition) is 1. The van der Waals surface area contributed by atoms with E-state index >= 15 is 0 Å². The minimum atomic E-state index is -3.57. The molecule has 27 heavy (non-hydrogen) atoms. The van der Waals surface area contributed by atoms with Crippen molar-refractivity contribution in [1.29, 1.82) is 0 Å². The summed E-state index contributed by atoms with van der Waals surface area (Å²) in [4.78, 5) is 11.6. The van der Waals surface area contributed by atoms with Gasteiger partial charge in [-0.05, 0) is 12.1 Å². The van der Waals surface area contributed by atoms with Gasteiger partial charge in [0.1, 0.15) is 18.0 Å². The third-order valence-electron chi connectivity index (χ3n) is 4.55. The number of hydrogen-bond acceptors (Lipinski definition) is 6. The van der Waals surface area contributed by atoms with Gasteiger partial charge in [-0.2, -0.15) is 14.5 Å². The zero-order valence-electron chi connectivity index (χ0n) is 14.3. The maximum absolute atomic E-state index is 12.5. The summed E-state index contributed by atoms with van der Waals surface area (Å²) in [6.45, 7) is 0.562. The average Bonchev–Trinajstić information content (AvgIpc) is 3.32. The van der Waals surface area contributed by atoms with E-state index in [9.17, 15) is 8.42 Å². The molecule has 1 saturated heterocycles. The van der Waals surface area contributed by atoms with Gasteiger partial charge in [0.2, 0.25) is 0 Å². The number of sulfonamides is 1. The number of aromatic nitrogens is 7. The van der Waals surface area contributed by atoms with Crippen molar-refractivity contribution in [2.75, 3.05) is 13.1 Å². The van der Waals surface area contributed by atoms with E-state index in [1.807, 2.05) is 18.5 Å². The van der Waals surface area contributed by atoms with Crippen LogP contribution in [0.3, 0.4) is 0 Å². The molecule has 1 N–H and O–H groups in total. The van der Waals surface area contributed by atoms with Crippen LogP contribution < -0.4 is 0 Å². The monoisotopic (exact) mass is 383 g/mol. The molecule has 1 aliphatic rings. The molecule has 137 valence electrons. The Kier molecular flexibility index (Phi) is 3.42. The van der Waals surface area contributed by atoms with E-state index in [0.717, 1.165) is 28.3 Å². The lowest BCUT2D eigenvalue weighted by atomic mass is 10.1. The first-order chi connectivity index (χ1) is 13.0. The summed E-state index contributed by atoms with van der Waals surface area (Å²) >= 11 is 0. The molecule has 1 fully saturated rings. The van der Waals surface area contributed by atoms with Gasteiger partial charge in [0, 0.05) is 49.7 Å². The number of aryl methyl sites for hydroxylation is 1. The number of H-pyrrole nitrogens is 1. The summed E-state index contributed by atoms with van der Waals surface area (Å²) in [7, 11) is -1.89. The lowest BCUT2D eigenvalue weighted by Gasteiger charge is -2.36. The summed E-state index contributed by atoms with van der Waals surface area (Å²) in [5.74, 6) is 0. The highest BCUT2D eigenvalue weighted by Gasteiger charge is 2.40. The van der Waals surface area contributed by atoms with Crippen molar-refractivity contribution in [2.45, 2.75) is 5.03 Å². The molecule has 0 saturated carbocycles. The predicted molar refractivity (Wildman–Crippen MR) is 95.7 cm³/mol. The number of nitrogens with zero attached hydrogens (tertiary/aromatic N) is 7. The van der Waals surface area contributed by atoms with Gasteiger partial charge >= 0.3 is 0 Å². The summed E-state index contributed by atoms with van der Waals surface area (Å²) < 4.78 is 29.6. The fourth-order valence-corrected chi connectivity index (χ4v) is 4.43. The van der Waals surface area contributed by atoms with Gasteiger partial charge in [-0.1, -0.05) is 0 Å². The molecule has 10 nitrogen and oxygen atoms in total. The maximum Gasteiger partial charge on any atom is 0.262 e. The van der Waals surface area contributed by atoms with E-state index in [1.165, 1.54) is 21.4 Å². The van der Waals surface area contributed by atoms with Gasteiger partial charge in [-0.25, -0.2) is 18.4 Å². The lowest BCUT2D eigenvalue weighted by Crippen LogP contribution is -2.51. The fourth-order valence-electron chi connectivity index (χ4n) is 3.06. The normalized spacial score (nSPS) is 16.0. The molecule has 4 aromatic rings. The molecule has 0 aromatic carbocycles. The summed E-state index contributed by atoms with van der Waals surface area (Å²) in [5.41, 5.74) is 2.39. The molecule has 0 unspecified atom stereocenters. The van der Waals surface area contributed by atoms with Crippen LogP contribution in [0.4, 0.5) is 0 Å². The number of aromatic amines is 1. The third-order valence-corrected chi connectivity index (χ3v) is 6.23. The SMILES string of the molecule is Cn1ccc(S(=O)(=O)N2C[C](n3cc(-c4ncnc5[nH]ccc45)cn3)C2)n1. The second-order valence-electron chi connectivity index (χ2n) is 6.30. The van der Waals surface area contributed by atoms with Crippen molar-refractivity contribution in [3.05, 3.63) is 49.3 Å². The third kappa shape index (κ3) is 2.54. The first-order valence-corrected chi connectivity index (χ1v) is 9.64. The highest BCUT2D eigenvalue weighted by molar-refractivity contribution is 7.89. The summed E-state index contributed by atoms with van der Waals surface area (Å²) in [6.07, 6.45) is 8.50. The van der Waals surface area contributed by atoms with Crippen molar-refractivity contribution in [2.24, 2.45) is 7.05 Å². The zero-order chi connectivity index (χ0) is 18.6. The Morgan fingerprint density at radius 2 is 2.04 bits per heavy atom. The minimum absolute atomic E-state index is 0.0565. The van der Waals surface area contributed by atoms with Gasteiger partial charge in [0.25, 0.3) is 10.0 Å². The molecule has 0 spiro atoms. The molecule has 0 atom stereocenters. The smallest absolute Gasteiger partial charge is 0.262 e. The van der Waals surface area contributed by atoms with Crippen molar-refractivity contribution < 1.29 is 8.42 Å². The second kappa shape index (κ2) is 5.72. The molecule has 11 heteroatoms. The van der Waals surface area contributed by atoms with Crippen molar-refractivity contribution >= 4 is 21.1 Å². The van der Waals surface area contributed by atoms with Crippen LogP contribution in [0.1, 0.15) is 0 Å². The van der Waals surface area contributed by atoms with Crippen LogP contribution in [-0.2, 0) is 17.1 Å². The second-order valence-corrected chi connectivity index (χ2v) is 8.19. The van der Waals surface area contributed by atoms with Crippen LogP contribution in [0.25, 0.3) is 22.3 Å². The molecule has 5 rings (SSSR count). The van der Waals surface area contributed by atoms with E-state index in [1.54, 1.807) is 24.1 Å². The Balaban J connectivity index is 1.36. The van der Waals surface area contributed by atoms with Crippen molar-refractivity contribution in [1.82, 2.24) is 38.8 Å². The number of fused-ring (bicyclic) bond motifs is 1. The molecule has 0 amide bonds. The van der Waals surface area contributed by atoms with Crippen molar-refractivity contribution in [3.63, 3.8) is 0 Å². The quantitative estimate of drug-likeness (QED) is 0.553. The van der Waals surface area contributed by atoms with Crippen molar-refractivity contribution in [3.8, 4) is 11.3 Å². The van der Waals surface area contributed by atoms with Crippen LogP contribution in [0.5, 0.6) is 0 Å². The number of rotatable bonds is 4. The molecular formula is C16H15N8O2S. The highest BCUT2D eigenvalue weighted by Crippen LogP contribution is 2.29. The van der Waals surface area contributed by atoms with Gasteiger partial charge in [0.15, 0.2) is 5.03 Å². The van der Waals surface area contributed by atoms with Crippen LogP contribution in [0, 0.1) is 6.04 Å². The Bertz CT molecular complexity index is 1230. The highest BCUT2D eigenvalue weighted by atomic mass is 32.2. The Labute approximate surface area is 154 Å². The predicted octanol–water partition coefficient (Wildman–Crippen LogP) is 0.639. The van der Waals surface area contributed by atoms with Gasteiger partial charge in [-0.15, -0.1) is 0 Å². The topological polar surface area (TPSA) is 115 Å². The Morgan fingerprint density at radius 1 is 1.19 bits per heavy atom. The van der Waals surface area contributed by atoms with Crippen LogP contribution in [0.2, 0.25) is 0 Å². The molecule has 4 aromatic heterocycles. The fraction of sp³-hybridized carbons (Fsp3) is 0.188.